The Morgan fingerprint density at radius 3 is 2.23 bits per heavy atom. The Hall–Kier alpha value is -2.57. The first-order valence-corrected chi connectivity index (χ1v) is 10.7. The molecule has 1 aromatic rings. The van der Waals surface area contributed by atoms with E-state index in [0.717, 1.165) is 5.56 Å². The molecule has 1 fully saturated rings. The molecule has 2 N–H and O–H groups in total. The van der Waals surface area contributed by atoms with Crippen LogP contribution in [0, 0.1) is 5.92 Å². The number of nitrogens with zero attached hydrogens (tertiary/aromatic N) is 1. The third-order valence-electron chi connectivity index (χ3n) is 4.79. The van der Waals surface area contributed by atoms with E-state index >= 15 is 0 Å². The molecule has 0 radical (unpaired) electrons. The fraction of sp³-hybridized carbons (Fsp3) is 0.609. The normalized spacial score (nSPS) is 16.1. The number of carbonyl (C=O) groups excluding carboxylic acids is 3. The molecule has 1 atom stereocenters. The largest absolute Gasteiger partial charge is 0.444 e. The van der Waals surface area contributed by atoms with Gasteiger partial charge in [0.05, 0.1) is 0 Å². The second kappa shape index (κ2) is 10.5. The average Bonchev–Trinajstić information content (AvgIpc) is 2.65. The molecule has 1 unspecified atom stereocenters. The molecule has 1 aliphatic rings. The molecule has 0 saturated carbocycles. The zero-order chi connectivity index (χ0) is 22.3. The Kier molecular flexibility index (Phi) is 8.26. The van der Waals surface area contributed by atoms with E-state index in [1.165, 1.54) is 0 Å². The van der Waals surface area contributed by atoms with Crippen LogP contribution in [0.1, 0.15) is 65.5 Å². The zero-order valence-electron chi connectivity index (χ0n) is 18.7. The van der Waals surface area contributed by atoms with Gasteiger partial charge in [0.15, 0.2) is 0 Å². The molecule has 7 nitrogen and oxygen atoms in total. The molecule has 30 heavy (non-hydrogen) atoms. The quantitative estimate of drug-likeness (QED) is 0.743. The number of ether oxygens (including phenoxy) is 1. The Morgan fingerprint density at radius 2 is 1.70 bits per heavy atom. The lowest BCUT2D eigenvalue weighted by Crippen LogP contribution is -2.50. The highest BCUT2D eigenvalue weighted by molar-refractivity contribution is 5.88. The van der Waals surface area contributed by atoms with Crippen LogP contribution < -0.4 is 10.6 Å². The van der Waals surface area contributed by atoms with Gasteiger partial charge in [-0.05, 0) is 45.1 Å². The lowest BCUT2D eigenvalue weighted by Gasteiger charge is -2.34. The maximum atomic E-state index is 13.0. The van der Waals surface area contributed by atoms with E-state index in [9.17, 15) is 14.4 Å². The standard InChI is InChI=1S/C23H35N3O4/c1-16(2)15-19(27)25-20(17-9-7-6-8-10-17)21(28)24-18-11-13-26(14-12-18)22(29)30-23(3,4)5/h6-10,16,18,20H,11-15H2,1-5H3,(H,24,28)(H,25,27). The van der Waals surface area contributed by atoms with Crippen LogP contribution in [0.5, 0.6) is 0 Å². The second-order valence-corrected chi connectivity index (χ2v) is 9.26. The summed E-state index contributed by atoms with van der Waals surface area (Å²) in [5.74, 6) is -0.163. The maximum absolute atomic E-state index is 13.0. The van der Waals surface area contributed by atoms with E-state index in [-0.39, 0.29) is 29.9 Å². The highest BCUT2D eigenvalue weighted by Crippen LogP contribution is 2.18. The van der Waals surface area contributed by atoms with E-state index in [4.69, 9.17) is 4.74 Å². The van der Waals surface area contributed by atoms with E-state index in [2.05, 4.69) is 10.6 Å². The number of likely N-dealkylation sites (tertiary alicyclic amines) is 1. The summed E-state index contributed by atoms with van der Waals surface area (Å²) in [7, 11) is 0. The molecule has 1 aliphatic heterocycles. The van der Waals surface area contributed by atoms with Gasteiger partial charge >= 0.3 is 6.09 Å². The van der Waals surface area contributed by atoms with Crippen molar-refractivity contribution < 1.29 is 19.1 Å². The Balaban J connectivity index is 1.96. The fourth-order valence-electron chi connectivity index (χ4n) is 3.35. The molecule has 1 heterocycles. The number of nitrogens with one attached hydrogen (secondary N) is 2. The minimum absolute atomic E-state index is 0.0515. The maximum Gasteiger partial charge on any atom is 0.410 e. The molecular formula is C23H35N3O4. The highest BCUT2D eigenvalue weighted by Gasteiger charge is 2.30. The predicted molar refractivity (Wildman–Crippen MR) is 116 cm³/mol. The molecule has 3 amide bonds. The van der Waals surface area contributed by atoms with E-state index in [1.54, 1.807) is 4.90 Å². The second-order valence-electron chi connectivity index (χ2n) is 9.26. The first-order chi connectivity index (χ1) is 14.0. The first-order valence-electron chi connectivity index (χ1n) is 10.7. The lowest BCUT2D eigenvalue weighted by atomic mass is 10.0. The van der Waals surface area contributed by atoms with E-state index < -0.39 is 11.6 Å². The van der Waals surface area contributed by atoms with Crippen LogP contribution in [0.25, 0.3) is 0 Å². The van der Waals surface area contributed by atoms with Crippen LogP contribution in [-0.2, 0) is 14.3 Å². The first kappa shape index (κ1) is 23.7. The summed E-state index contributed by atoms with van der Waals surface area (Å²) in [6.45, 7) is 10.5. The van der Waals surface area contributed by atoms with Gasteiger partial charge in [0, 0.05) is 25.6 Å². The topological polar surface area (TPSA) is 87.7 Å². The molecule has 0 aromatic heterocycles. The molecule has 1 aromatic carbocycles. The Bertz CT molecular complexity index is 720. The van der Waals surface area contributed by atoms with Gasteiger partial charge in [-0.15, -0.1) is 0 Å². The number of amides is 3. The van der Waals surface area contributed by atoms with Gasteiger partial charge in [0.2, 0.25) is 11.8 Å². The van der Waals surface area contributed by atoms with Gasteiger partial charge in [-0.1, -0.05) is 44.2 Å². The Labute approximate surface area is 179 Å². The van der Waals surface area contributed by atoms with E-state index in [1.807, 2.05) is 65.0 Å². The van der Waals surface area contributed by atoms with Gasteiger partial charge in [0.25, 0.3) is 0 Å². The number of rotatable bonds is 6. The third-order valence-corrected chi connectivity index (χ3v) is 4.79. The smallest absolute Gasteiger partial charge is 0.410 e. The van der Waals surface area contributed by atoms with Gasteiger partial charge in [0.1, 0.15) is 11.6 Å². The SMILES string of the molecule is CC(C)CC(=O)NC(C(=O)NC1CCN(C(=O)OC(C)(C)C)CC1)c1ccccc1. The summed E-state index contributed by atoms with van der Waals surface area (Å²) in [6, 6.07) is 8.47. The molecule has 2 rings (SSSR count). The van der Waals surface area contributed by atoms with Crippen molar-refractivity contribution in [3.8, 4) is 0 Å². The number of piperidine rings is 1. The lowest BCUT2D eigenvalue weighted by molar-refractivity contribution is -0.130. The molecule has 0 aliphatic carbocycles. The number of carbonyl (C=O) groups is 3. The number of benzene rings is 1. The number of hydrogen-bond acceptors (Lipinski definition) is 4. The van der Waals surface area contributed by atoms with Gasteiger partial charge in [-0.25, -0.2) is 4.79 Å². The molecule has 166 valence electrons. The van der Waals surface area contributed by atoms with Crippen molar-refractivity contribution in [1.82, 2.24) is 15.5 Å². The average molecular weight is 418 g/mol. The van der Waals surface area contributed by atoms with Crippen LogP contribution in [-0.4, -0.2) is 47.5 Å². The van der Waals surface area contributed by atoms with Crippen LogP contribution in [0.4, 0.5) is 4.79 Å². The Morgan fingerprint density at radius 1 is 1.10 bits per heavy atom. The monoisotopic (exact) mass is 417 g/mol. The summed E-state index contributed by atoms with van der Waals surface area (Å²) in [6.07, 6.45) is 1.33. The summed E-state index contributed by atoms with van der Waals surface area (Å²) < 4.78 is 5.42. The van der Waals surface area contributed by atoms with Crippen molar-refractivity contribution >= 4 is 17.9 Å². The summed E-state index contributed by atoms with van der Waals surface area (Å²) in [5.41, 5.74) is 0.220. The molecule has 0 spiro atoms. The molecule has 0 bridgehead atoms. The van der Waals surface area contributed by atoms with Crippen molar-refractivity contribution in [3.63, 3.8) is 0 Å². The van der Waals surface area contributed by atoms with Gasteiger partial charge in [-0.2, -0.15) is 0 Å². The van der Waals surface area contributed by atoms with Crippen LogP contribution >= 0.6 is 0 Å². The summed E-state index contributed by atoms with van der Waals surface area (Å²) in [5, 5.41) is 5.92. The van der Waals surface area contributed by atoms with Crippen LogP contribution in [0.2, 0.25) is 0 Å². The summed E-state index contributed by atoms with van der Waals surface area (Å²) in [4.78, 5) is 39.2. The van der Waals surface area contributed by atoms with Crippen molar-refractivity contribution in [2.24, 2.45) is 5.92 Å². The van der Waals surface area contributed by atoms with Crippen molar-refractivity contribution in [1.29, 1.82) is 0 Å². The van der Waals surface area contributed by atoms with Crippen molar-refractivity contribution in [2.45, 2.75) is 71.6 Å². The van der Waals surface area contributed by atoms with Crippen molar-refractivity contribution in [2.75, 3.05) is 13.1 Å². The third kappa shape index (κ3) is 7.69. The van der Waals surface area contributed by atoms with Crippen LogP contribution in [0.15, 0.2) is 30.3 Å². The van der Waals surface area contributed by atoms with E-state index in [0.29, 0.717) is 32.4 Å². The fourth-order valence-corrected chi connectivity index (χ4v) is 3.35. The highest BCUT2D eigenvalue weighted by atomic mass is 16.6. The molecule has 7 heteroatoms. The van der Waals surface area contributed by atoms with Crippen molar-refractivity contribution in [3.05, 3.63) is 35.9 Å². The number of hydrogen-bond donors (Lipinski definition) is 2. The molecular weight excluding hydrogens is 382 g/mol. The van der Waals surface area contributed by atoms with Gasteiger partial charge in [-0.3, -0.25) is 9.59 Å². The van der Waals surface area contributed by atoms with Crippen LogP contribution in [0.3, 0.4) is 0 Å². The predicted octanol–water partition coefficient (Wildman–Crippen LogP) is 3.41. The molecule has 1 saturated heterocycles. The summed E-state index contributed by atoms with van der Waals surface area (Å²) >= 11 is 0. The zero-order valence-corrected chi connectivity index (χ0v) is 18.7. The minimum Gasteiger partial charge on any atom is -0.444 e. The van der Waals surface area contributed by atoms with Gasteiger partial charge < -0.3 is 20.3 Å². The minimum atomic E-state index is -0.735.